The maximum atomic E-state index is 12.6. The van der Waals surface area contributed by atoms with Crippen molar-refractivity contribution in [2.45, 2.75) is 31.7 Å². The predicted molar refractivity (Wildman–Crippen MR) is 92.7 cm³/mol. The Morgan fingerprint density at radius 2 is 1.84 bits per heavy atom. The van der Waals surface area contributed by atoms with Crippen LogP contribution in [0.1, 0.15) is 20.8 Å². The number of ether oxygens (including phenoxy) is 1. The van der Waals surface area contributed by atoms with E-state index in [2.05, 4.69) is 9.44 Å². The van der Waals surface area contributed by atoms with Crippen molar-refractivity contribution in [1.82, 2.24) is 4.72 Å². The summed E-state index contributed by atoms with van der Waals surface area (Å²) in [4.78, 5) is 10.9. The van der Waals surface area contributed by atoms with Crippen molar-refractivity contribution in [2.24, 2.45) is 5.92 Å². The summed E-state index contributed by atoms with van der Waals surface area (Å²) in [5.74, 6) is -1.86. The smallest absolute Gasteiger partial charge is 0.322 e. The van der Waals surface area contributed by atoms with Crippen molar-refractivity contribution in [2.75, 3.05) is 17.6 Å². The van der Waals surface area contributed by atoms with Crippen LogP contribution in [0.3, 0.4) is 0 Å². The Kier molecular flexibility index (Phi) is 6.80. The summed E-state index contributed by atoms with van der Waals surface area (Å²) >= 11 is 0. The highest BCUT2D eigenvalue weighted by molar-refractivity contribution is 7.93. The summed E-state index contributed by atoms with van der Waals surface area (Å²) in [5, 5.41) is 9.17. The molecule has 1 atom stereocenters. The number of carboxylic acid groups (broad SMARTS) is 1. The van der Waals surface area contributed by atoms with Crippen molar-refractivity contribution in [3.8, 4) is 5.75 Å². The number of carboxylic acids is 1. The number of nitrogens with one attached hydrogen (secondary N) is 2. The standard InChI is InChI=1S/C14H22N2O7S2/c1-5-24(19,20)15-11-8-10(23-4)6-7-12(11)25(21,22)16-13(9(2)3)14(17)18/h6-9,13,15-16H,5H2,1-4H3,(H,17,18)/t13-/m1/s1. The largest absolute Gasteiger partial charge is 0.497 e. The van der Waals surface area contributed by atoms with Crippen molar-refractivity contribution >= 4 is 31.7 Å². The Morgan fingerprint density at radius 1 is 1.24 bits per heavy atom. The third-order valence-corrected chi connectivity index (χ3v) is 6.13. The fourth-order valence-electron chi connectivity index (χ4n) is 1.89. The van der Waals surface area contributed by atoms with Crippen molar-refractivity contribution in [3.63, 3.8) is 0 Å². The first kappa shape index (κ1) is 21.2. The lowest BCUT2D eigenvalue weighted by Gasteiger charge is -2.20. The Morgan fingerprint density at radius 3 is 2.28 bits per heavy atom. The maximum absolute atomic E-state index is 12.6. The topological polar surface area (TPSA) is 139 Å². The van der Waals surface area contributed by atoms with E-state index in [1.54, 1.807) is 13.8 Å². The van der Waals surface area contributed by atoms with Crippen LogP contribution in [-0.4, -0.2) is 46.8 Å². The van der Waals surface area contributed by atoms with Gasteiger partial charge in [0.05, 0.1) is 18.6 Å². The van der Waals surface area contributed by atoms with Gasteiger partial charge in [0.1, 0.15) is 16.7 Å². The summed E-state index contributed by atoms with van der Waals surface area (Å²) in [5.41, 5.74) is -0.221. The van der Waals surface area contributed by atoms with Crippen LogP contribution >= 0.6 is 0 Å². The average Bonchev–Trinajstić information content (AvgIpc) is 2.51. The van der Waals surface area contributed by atoms with Gasteiger partial charge in [-0.05, 0) is 25.0 Å². The van der Waals surface area contributed by atoms with Gasteiger partial charge in [0.2, 0.25) is 20.0 Å². The van der Waals surface area contributed by atoms with Gasteiger partial charge in [-0.15, -0.1) is 0 Å². The predicted octanol–water partition coefficient (Wildman–Crippen LogP) is 0.844. The van der Waals surface area contributed by atoms with E-state index in [-0.39, 0.29) is 17.2 Å². The van der Waals surface area contributed by atoms with Crippen LogP contribution in [0.15, 0.2) is 23.1 Å². The van der Waals surface area contributed by atoms with Crippen molar-refractivity contribution in [1.29, 1.82) is 0 Å². The molecule has 142 valence electrons. The molecule has 0 aliphatic heterocycles. The highest BCUT2D eigenvalue weighted by atomic mass is 32.2. The summed E-state index contributed by atoms with van der Waals surface area (Å²) in [6.07, 6.45) is 0. The minimum atomic E-state index is -4.30. The van der Waals surface area contributed by atoms with E-state index in [1.807, 2.05) is 0 Å². The number of sulfonamides is 2. The molecule has 1 aromatic rings. The molecule has 25 heavy (non-hydrogen) atoms. The van der Waals surface area contributed by atoms with Gasteiger partial charge in [-0.2, -0.15) is 4.72 Å². The van der Waals surface area contributed by atoms with Gasteiger partial charge in [-0.3, -0.25) is 9.52 Å². The first-order valence-corrected chi connectivity index (χ1v) is 10.5. The molecule has 0 aliphatic carbocycles. The second-order valence-corrected chi connectivity index (χ2v) is 9.24. The summed E-state index contributed by atoms with van der Waals surface area (Å²) in [6.45, 7) is 4.50. The van der Waals surface area contributed by atoms with E-state index in [0.717, 1.165) is 6.07 Å². The van der Waals surface area contributed by atoms with Crippen LogP contribution in [-0.2, 0) is 24.8 Å². The van der Waals surface area contributed by atoms with Crippen molar-refractivity contribution < 1.29 is 31.5 Å². The number of aliphatic carboxylic acids is 1. The van der Waals surface area contributed by atoms with E-state index in [4.69, 9.17) is 4.74 Å². The van der Waals surface area contributed by atoms with Gasteiger partial charge >= 0.3 is 5.97 Å². The van der Waals surface area contributed by atoms with E-state index >= 15 is 0 Å². The number of methoxy groups -OCH3 is 1. The number of hydrogen-bond donors (Lipinski definition) is 3. The van der Waals surface area contributed by atoms with Gasteiger partial charge in [-0.25, -0.2) is 16.8 Å². The molecule has 0 amide bonds. The highest BCUT2D eigenvalue weighted by Gasteiger charge is 2.30. The molecule has 0 heterocycles. The van der Waals surface area contributed by atoms with E-state index < -0.39 is 42.9 Å². The van der Waals surface area contributed by atoms with E-state index in [0.29, 0.717) is 0 Å². The quantitative estimate of drug-likeness (QED) is 0.564. The van der Waals surface area contributed by atoms with Gasteiger partial charge in [0.15, 0.2) is 0 Å². The SMILES string of the molecule is CCS(=O)(=O)Nc1cc(OC)ccc1S(=O)(=O)N[C@@H](C(=O)O)C(C)C. The second kappa shape index (κ2) is 8.02. The Labute approximate surface area is 147 Å². The molecule has 3 N–H and O–H groups in total. The third-order valence-electron chi connectivity index (χ3n) is 3.34. The van der Waals surface area contributed by atoms with E-state index in [9.17, 15) is 26.7 Å². The zero-order chi connectivity index (χ0) is 19.4. The first-order chi connectivity index (χ1) is 11.4. The van der Waals surface area contributed by atoms with Gasteiger partial charge in [0.25, 0.3) is 0 Å². The molecule has 0 bridgehead atoms. The highest BCUT2D eigenvalue weighted by Crippen LogP contribution is 2.28. The van der Waals surface area contributed by atoms with Crippen molar-refractivity contribution in [3.05, 3.63) is 18.2 Å². The Bertz CT molecular complexity index is 833. The number of benzene rings is 1. The minimum Gasteiger partial charge on any atom is -0.497 e. The summed E-state index contributed by atoms with van der Waals surface area (Å²) < 4.78 is 58.1. The molecule has 0 saturated carbocycles. The van der Waals surface area contributed by atoms with E-state index in [1.165, 1.54) is 26.2 Å². The molecule has 0 radical (unpaired) electrons. The minimum absolute atomic E-state index is 0.221. The molecular formula is C14H22N2O7S2. The zero-order valence-electron chi connectivity index (χ0n) is 14.3. The number of hydrogen-bond acceptors (Lipinski definition) is 6. The molecule has 9 nitrogen and oxygen atoms in total. The molecule has 11 heteroatoms. The molecule has 0 aromatic heterocycles. The van der Waals surface area contributed by atoms with Crippen LogP contribution in [0, 0.1) is 5.92 Å². The fraction of sp³-hybridized carbons (Fsp3) is 0.500. The molecule has 1 rings (SSSR count). The summed E-state index contributed by atoms with van der Waals surface area (Å²) in [7, 11) is -6.71. The molecule has 0 unspecified atom stereocenters. The van der Waals surface area contributed by atoms with Crippen LogP contribution < -0.4 is 14.2 Å². The lowest BCUT2D eigenvalue weighted by atomic mass is 10.1. The fourth-order valence-corrected chi connectivity index (χ4v) is 4.09. The monoisotopic (exact) mass is 394 g/mol. The Hall–Kier alpha value is -1.85. The molecule has 0 saturated heterocycles. The number of rotatable bonds is 9. The summed E-state index contributed by atoms with van der Waals surface area (Å²) in [6, 6.07) is 2.34. The average molecular weight is 394 g/mol. The molecule has 0 spiro atoms. The normalized spacial score (nSPS) is 13.5. The molecular weight excluding hydrogens is 372 g/mol. The third kappa shape index (κ3) is 5.58. The zero-order valence-corrected chi connectivity index (χ0v) is 15.9. The molecule has 1 aromatic carbocycles. The van der Waals surface area contributed by atoms with Gasteiger partial charge < -0.3 is 9.84 Å². The Balaban J connectivity index is 3.41. The number of carbonyl (C=O) groups is 1. The second-order valence-electron chi connectivity index (χ2n) is 5.55. The van der Waals surface area contributed by atoms with Crippen LogP contribution in [0.5, 0.6) is 5.75 Å². The lowest BCUT2D eigenvalue weighted by molar-refractivity contribution is -0.140. The number of anilines is 1. The lowest BCUT2D eigenvalue weighted by Crippen LogP contribution is -2.44. The van der Waals surface area contributed by atoms with Crippen LogP contribution in [0.25, 0.3) is 0 Å². The maximum Gasteiger partial charge on any atom is 0.322 e. The molecule has 0 fully saturated rings. The van der Waals surface area contributed by atoms with Crippen LogP contribution in [0.4, 0.5) is 5.69 Å². The van der Waals surface area contributed by atoms with Gasteiger partial charge in [-0.1, -0.05) is 13.8 Å². The van der Waals surface area contributed by atoms with Gasteiger partial charge in [0, 0.05) is 6.07 Å². The van der Waals surface area contributed by atoms with Crippen LogP contribution in [0.2, 0.25) is 0 Å². The first-order valence-electron chi connectivity index (χ1n) is 7.37. The molecule has 0 aliphatic rings.